The Kier molecular flexibility index (Phi) is 5.18. The van der Waals surface area contributed by atoms with Gasteiger partial charge in [-0.25, -0.2) is 0 Å². The molecule has 1 heterocycles. The van der Waals surface area contributed by atoms with Crippen molar-refractivity contribution in [3.8, 4) is 0 Å². The molecule has 2 heteroatoms. The summed E-state index contributed by atoms with van der Waals surface area (Å²) in [6, 6.07) is 1.46. The molecule has 1 aliphatic carbocycles. The van der Waals surface area contributed by atoms with Gasteiger partial charge in [0.15, 0.2) is 0 Å². The van der Waals surface area contributed by atoms with Crippen LogP contribution < -0.4 is 5.32 Å². The molecular weight excluding hydrogens is 244 g/mol. The van der Waals surface area contributed by atoms with E-state index in [1.165, 1.54) is 58.2 Å². The first kappa shape index (κ1) is 16.3. The van der Waals surface area contributed by atoms with Crippen molar-refractivity contribution in [1.29, 1.82) is 0 Å². The number of likely N-dealkylation sites (tertiary alicyclic amines) is 1. The SMILES string of the molecule is CCCNC1C(N2CCC(C)(CC)CC2)CCC1(C)C. The van der Waals surface area contributed by atoms with E-state index >= 15 is 0 Å². The number of nitrogens with zero attached hydrogens (tertiary/aromatic N) is 1. The number of rotatable bonds is 5. The third kappa shape index (κ3) is 3.39. The lowest BCUT2D eigenvalue weighted by atomic mass is 9.77. The summed E-state index contributed by atoms with van der Waals surface area (Å²) < 4.78 is 0. The van der Waals surface area contributed by atoms with Gasteiger partial charge >= 0.3 is 0 Å². The Morgan fingerprint density at radius 3 is 2.25 bits per heavy atom. The summed E-state index contributed by atoms with van der Waals surface area (Å²) in [4.78, 5) is 2.81. The molecule has 0 radical (unpaired) electrons. The van der Waals surface area contributed by atoms with Crippen molar-refractivity contribution < 1.29 is 0 Å². The number of hydrogen-bond donors (Lipinski definition) is 1. The molecule has 1 aliphatic heterocycles. The van der Waals surface area contributed by atoms with Gasteiger partial charge in [-0.3, -0.25) is 4.90 Å². The van der Waals surface area contributed by atoms with Gasteiger partial charge in [0.1, 0.15) is 0 Å². The Bertz CT molecular complexity index is 303. The summed E-state index contributed by atoms with van der Waals surface area (Å²) in [5.41, 5.74) is 1.07. The van der Waals surface area contributed by atoms with Crippen LogP contribution in [0.4, 0.5) is 0 Å². The van der Waals surface area contributed by atoms with Gasteiger partial charge in [-0.1, -0.05) is 41.0 Å². The minimum absolute atomic E-state index is 0.464. The van der Waals surface area contributed by atoms with Crippen molar-refractivity contribution >= 4 is 0 Å². The molecule has 0 bridgehead atoms. The van der Waals surface area contributed by atoms with Gasteiger partial charge < -0.3 is 5.32 Å². The van der Waals surface area contributed by atoms with Gasteiger partial charge in [0.05, 0.1) is 0 Å². The lowest BCUT2D eigenvalue weighted by molar-refractivity contribution is 0.0634. The number of nitrogens with one attached hydrogen (secondary N) is 1. The number of piperidine rings is 1. The van der Waals surface area contributed by atoms with E-state index < -0.39 is 0 Å². The van der Waals surface area contributed by atoms with Gasteiger partial charge in [-0.2, -0.15) is 0 Å². The molecule has 118 valence electrons. The molecule has 2 aliphatic rings. The summed E-state index contributed by atoms with van der Waals surface area (Å²) in [7, 11) is 0. The average molecular weight is 280 g/mol. The van der Waals surface area contributed by atoms with Gasteiger partial charge in [0.25, 0.3) is 0 Å². The molecular formula is C18H36N2. The maximum atomic E-state index is 3.86. The van der Waals surface area contributed by atoms with Crippen LogP contribution in [0, 0.1) is 10.8 Å². The van der Waals surface area contributed by atoms with Crippen LogP contribution in [0.25, 0.3) is 0 Å². The zero-order valence-corrected chi connectivity index (χ0v) is 14.5. The monoisotopic (exact) mass is 280 g/mol. The van der Waals surface area contributed by atoms with E-state index in [4.69, 9.17) is 0 Å². The lowest BCUT2D eigenvalue weighted by Gasteiger charge is -2.44. The van der Waals surface area contributed by atoms with E-state index in [0.29, 0.717) is 16.9 Å². The fourth-order valence-electron chi connectivity index (χ4n) is 4.22. The maximum Gasteiger partial charge on any atom is 0.0274 e. The molecule has 0 aromatic carbocycles. The van der Waals surface area contributed by atoms with Crippen LogP contribution in [0.2, 0.25) is 0 Å². The molecule has 2 nitrogen and oxygen atoms in total. The predicted octanol–water partition coefficient (Wildman–Crippen LogP) is 4.06. The van der Waals surface area contributed by atoms with E-state index in [0.717, 1.165) is 6.04 Å². The fraction of sp³-hybridized carbons (Fsp3) is 1.00. The molecule has 1 saturated carbocycles. The third-order valence-electron chi connectivity index (χ3n) is 6.25. The molecule has 0 amide bonds. The molecule has 2 fully saturated rings. The van der Waals surface area contributed by atoms with Gasteiger partial charge in [-0.05, 0) is 62.6 Å². The van der Waals surface area contributed by atoms with Crippen LogP contribution >= 0.6 is 0 Å². The second-order valence-electron chi connectivity index (χ2n) is 8.23. The van der Waals surface area contributed by atoms with E-state index in [1.54, 1.807) is 0 Å². The maximum absolute atomic E-state index is 3.86. The van der Waals surface area contributed by atoms with Crippen molar-refractivity contribution in [3.63, 3.8) is 0 Å². The molecule has 2 unspecified atom stereocenters. The highest BCUT2D eigenvalue weighted by Gasteiger charge is 2.45. The summed E-state index contributed by atoms with van der Waals surface area (Å²) in [6.45, 7) is 15.8. The van der Waals surface area contributed by atoms with Gasteiger partial charge in [0, 0.05) is 12.1 Å². The topological polar surface area (TPSA) is 15.3 Å². The molecule has 2 rings (SSSR count). The quantitative estimate of drug-likeness (QED) is 0.817. The van der Waals surface area contributed by atoms with Crippen LogP contribution in [-0.4, -0.2) is 36.6 Å². The molecule has 20 heavy (non-hydrogen) atoms. The summed E-state index contributed by atoms with van der Waals surface area (Å²) in [6.07, 6.45) is 8.13. The highest BCUT2D eigenvalue weighted by Crippen LogP contribution is 2.42. The van der Waals surface area contributed by atoms with Crippen molar-refractivity contribution in [1.82, 2.24) is 10.2 Å². The van der Waals surface area contributed by atoms with Crippen LogP contribution in [-0.2, 0) is 0 Å². The Hall–Kier alpha value is -0.0800. The standard InChI is InChI=1S/C18H36N2/c1-6-12-19-16-15(8-9-17(16,3)4)20-13-10-18(5,7-2)11-14-20/h15-16,19H,6-14H2,1-5H3. The Balaban J connectivity index is 1.97. The lowest BCUT2D eigenvalue weighted by Crippen LogP contribution is -2.54. The van der Waals surface area contributed by atoms with Crippen LogP contribution in [0.1, 0.15) is 73.1 Å². The highest BCUT2D eigenvalue weighted by atomic mass is 15.2. The van der Waals surface area contributed by atoms with Crippen molar-refractivity contribution in [2.75, 3.05) is 19.6 Å². The summed E-state index contributed by atoms with van der Waals surface area (Å²) in [5.74, 6) is 0. The second kappa shape index (κ2) is 6.36. The molecule has 1 saturated heterocycles. The number of hydrogen-bond acceptors (Lipinski definition) is 2. The second-order valence-corrected chi connectivity index (χ2v) is 8.23. The average Bonchev–Trinajstić information content (AvgIpc) is 2.72. The van der Waals surface area contributed by atoms with E-state index in [1.807, 2.05) is 0 Å². The first-order valence-electron chi connectivity index (χ1n) is 8.89. The Morgan fingerprint density at radius 2 is 1.70 bits per heavy atom. The molecule has 0 aromatic rings. The normalized spacial score (nSPS) is 33.5. The molecule has 2 atom stereocenters. The van der Waals surface area contributed by atoms with Crippen LogP contribution in [0.5, 0.6) is 0 Å². The molecule has 0 aromatic heterocycles. The molecule has 1 N–H and O–H groups in total. The Morgan fingerprint density at radius 1 is 1.05 bits per heavy atom. The highest BCUT2D eigenvalue weighted by molar-refractivity contribution is 5.02. The van der Waals surface area contributed by atoms with E-state index in [-0.39, 0.29) is 0 Å². The zero-order valence-electron chi connectivity index (χ0n) is 14.5. The predicted molar refractivity (Wildman–Crippen MR) is 88.1 cm³/mol. The Labute approximate surface area is 126 Å². The summed E-state index contributed by atoms with van der Waals surface area (Å²) >= 11 is 0. The van der Waals surface area contributed by atoms with Crippen molar-refractivity contribution in [3.05, 3.63) is 0 Å². The van der Waals surface area contributed by atoms with Gasteiger partial charge in [0.2, 0.25) is 0 Å². The largest absolute Gasteiger partial charge is 0.312 e. The van der Waals surface area contributed by atoms with Crippen molar-refractivity contribution in [2.45, 2.75) is 85.2 Å². The van der Waals surface area contributed by atoms with Crippen LogP contribution in [0.3, 0.4) is 0 Å². The minimum atomic E-state index is 0.464. The first-order chi connectivity index (χ1) is 9.42. The van der Waals surface area contributed by atoms with E-state index in [9.17, 15) is 0 Å². The van der Waals surface area contributed by atoms with Crippen LogP contribution in [0.15, 0.2) is 0 Å². The van der Waals surface area contributed by atoms with E-state index in [2.05, 4.69) is 44.8 Å². The minimum Gasteiger partial charge on any atom is -0.312 e. The zero-order chi connectivity index (χ0) is 14.8. The fourth-order valence-corrected chi connectivity index (χ4v) is 4.22. The molecule has 0 spiro atoms. The summed E-state index contributed by atoms with van der Waals surface area (Å²) in [5, 5.41) is 3.86. The van der Waals surface area contributed by atoms with Crippen molar-refractivity contribution in [2.24, 2.45) is 10.8 Å². The smallest absolute Gasteiger partial charge is 0.0274 e. The first-order valence-corrected chi connectivity index (χ1v) is 8.89. The third-order valence-corrected chi connectivity index (χ3v) is 6.25. The van der Waals surface area contributed by atoms with Gasteiger partial charge in [-0.15, -0.1) is 0 Å².